The summed E-state index contributed by atoms with van der Waals surface area (Å²) in [6, 6.07) is 6.47. The molecule has 0 heterocycles. The minimum atomic E-state index is 0.527. The highest BCUT2D eigenvalue weighted by Gasteiger charge is 2.17. The minimum absolute atomic E-state index is 0.527. The maximum atomic E-state index is 6.04. The zero-order valence-electron chi connectivity index (χ0n) is 9.42. The molecule has 1 aliphatic rings. The van der Waals surface area contributed by atoms with Crippen molar-refractivity contribution >= 4 is 40.2 Å². The second kappa shape index (κ2) is 5.91. The van der Waals surface area contributed by atoms with Gasteiger partial charge in [-0.2, -0.15) is 0 Å². The van der Waals surface area contributed by atoms with E-state index in [1.54, 1.807) is 0 Å². The van der Waals surface area contributed by atoms with E-state index >= 15 is 0 Å². The Morgan fingerprint density at radius 2 is 2.29 bits per heavy atom. The molecule has 3 nitrogen and oxygen atoms in total. The Morgan fingerprint density at radius 1 is 1.53 bits per heavy atom. The van der Waals surface area contributed by atoms with Crippen LogP contribution in [0.5, 0.6) is 0 Å². The van der Waals surface area contributed by atoms with Crippen molar-refractivity contribution in [2.45, 2.75) is 31.8 Å². The van der Waals surface area contributed by atoms with Crippen molar-refractivity contribution < 1.29 is 0 Å². The molecule has 1 aromatic rings. The predicted molar refractivity (Wildman–Crippen MR) is 80.3 cm³/mol. The third-order valence-electron chi connectivity index (χ3n) is 2.87. The summed E-state index contributed by atoms with van der Waals surface area (Å²) in [6.45, 7) is 0.572. The van der Waals surface area contributed by atoms with E-state index in [1.807, 2.05) is 18.2 Å². The van der Waals surface area contributed by atoms with Gasteiger partial charge in [0.25, 0.3) is 0 Å². The summed E-state index contributed by atoms with van der Waals surface area (Å²) in [7, 11) is 0. The number of guanidine groups is 1. The number of halogens is 2. The number of aliphatic imine (C=N–C) groups is 1. The van der Waals surface area contributed by atoms with Crippen molar-refractivity contribution in [3.63, 3.8) is 0 Å². The molecule has 1 saturated carbocycles. The lowest BCUT2D eigenvalue weighted by molar-refractivity contribution is 0.382. The molecule has 0 bridgehead atoms. The molecule has 0 radical (unpaired) electrons. The highest BCUT2D eigenvalue weighted by atomic mass is 127. The molecule has 0 unspecified atom stereocenters. The van der Waals surface area contributed by atoms with Crippen LogP contribution in [-0.4, -0.2) is 12.0 Å². The molecule has 1 fully saturated rings. The zero-order chi connectivity index (χ0) is 12.3. The van der Waals surface area contributed by atoms with E-state index in [4.69, 9.17) is 17.3 Å². The van der Waals surface area contributed by atoms with E-state index in [-0.39, 0.29) is 0 Å². The Balaban J connectivity index is 1.90. The molecule has 0 saturated heterocycles. The second-order valence-electron chi connectivity index (χ2n) is 4.22. The quantitative estimate of drug-likeness (QED) is 0.493. The fourth-order valence-electron chi connectivity index (χ4n) is 1.62. The van der Waals surface area contributed by atoms with Crippen LogP contribution in [0.4, 0.5) is 0 Å². The number of nitrogens with one attached hydrogen (secondary N) is 1. The lowest BCUT2D eigenvalue weighted by atomic mass is 9.93. The van der Waals surface area contributed by atoms with Gasteiger partial charge in [0.05, 0.1) is 11.6 Å². The normalized spacial score (nSPS) is 16.7. The first kappa shape index (κ1) is 13.0. The number of nitrogens with two attached hydrogens (primary N) is 1. The van der Waals surface area contributed by atoms with Gasteiger partial charge in [0.2, 0.25) is 0 Å². The van der Waals surface area contributed by atoms with Crippen molar-refractivity contribution in [1.29, 1.82) is 0 Å². The molecule has 0 aromatic heterocycles. The molecular weight excluding hydrogens is 349 g/mol. The Kier molecular flexibility index (Phi) is 4.50. The van der Waals surface area contributed by atoms with Crippen molar-refractivity contribution in [2.75, 3.05) is 0 Å². The van der Waals surface area contributed by atoms with Gasteiger partial charge in [-0.3, -0.25) is 0 Å². The summed E-state index contributed by atoms with van der Waals surface area (Å²) in [6.07, 6.45) is 3.69. The van der Waals surface area contributed by atoms with Crippen LogP contribution in [0.15, 0.2) is 23.2 Å². The molecule has 3 N–H and O–H groups in total. The molecule has 0 aliphatic heterocycles. The monoisotopic (exact) mass is 363 g/mol. The first-order valence-electron chi connectivity index (χ1n) is 5.65. The highest BCUT2D eigenvalue weighted by molar-refractivity contribution is 14.1. The first-order valence-corrected chi connectivity index (χ1v) is 7.11. The van der Waals surface area contributed by atoms with Gasteiger partial charge in [-0.15, -0.1) is 0 Å². The molecule has 92 valence electrons. The summed E-state index contributed by atoms with van der Waals surface area (Å²) >= 11 is 8.25. The second-order valence-corrected chi connectivity index (χ2v) is 5.79. The van der Waals surface area contributed by atoms with Crippen molar-refractivity contribution in [3.05, 3.63) is 32.4 Å². The Bertz CT molecular complexity index is 430. The van der Waals surface area contributed by atoms with Crippen LogP contribution in [0.3, 0.4) is 0 Å². The number of hydrogen-bond acceptors (Lipinski definition) is 1. The number of hydrogen-bond donors (Lipinski definition) is 2. The van der Waals surface area contributed by atoms with Gasteiger partial charge in [-0.25, -0.2) is 4.99 Å². The van der Waals surface area contributed by atoms with Crippen LogP contribution < -0.4 is 11.1 Å². The molecule has 0 atom stereocenters. The fourth-order valence-corrected chi connectivity index (χ4v) is 2.16. The summed E-state index contributed by atoms with van der Waals surface area (Å²) in [5.74, 6) is 0.532. The van der Waals surface area contributed by atoms with E-state index in [0.717, 1.165) is 14.2 Å². The van der Waals surface area contributed by atoms with Crippen LogP contribution in [-0.2, 0) is 6.54 Å². The van der Waals surface area contributed by atoms with E-state index in [1.165, 1.54) is 19.3 Å². The average Bonchev–Trinajstić information content (AvgIpc) is 2.25. The van der Waals surface area contributed by atoms with Crippen molar-refractivity contribution in [1.82, 2.24) is 5.32 Å². The maximum Gasteiger partial charge on any atom is 0.189 e. The lowest BCUT2D eigenvalue weighted by Crippen LogP contribution is -2.43. The van der Waals surface area contributed by atoms with Gasteiger partial charge in [0, 0.05) is 9.61 Å². The average molecular weight is 364 g/mol. The maximum absolute atomic E-state index is 6.04. The van der Waals surface area contributed by atoms with Crippen LogP contribution in [0.2, 0.25) is 5.02 Å². The molecular formula is C12H15ClIN3. The summed E-state index contributed by atoms with van der Waals surface area (Å²) in [4.78, 5) is 4.31. The number of rotatable bonds is 3. The van der Waals surface area contributed by atoms with Gasteiger partial charge in [-0.05, 0) is 59.5 Å². The SMILES string of the molecule is NC(=NCc1ccc(I)c(Cl)c1)NC1CCC1. The third-order valence-corrected chi connectivity index (χ3v) is 4.45. The smallest absolute Gasteiger partial charge is 0.189 e. The van der Waals surface area contributed by atoms with Crippen molar-refractivity contribution in [2.24, 2.45) is 10.7 Å². The summed E-state index contributed by atoms with van der Waals surface area (Å²) < 4.78 is 1.05. The van der Waals surface area contributed by atoms with Crippen LogP contribution in [0, 0.1) is 3.57 Å². The molecule has 17 heavy (non-hydrogen) atoms. The fraction of sp³-hybridized carbons (Fsp3) is 0.417. The number of nitrogens with zero attached hydrogens (tertiary/aromatic N) is 1. The van der Waals surface area contributed by atoms with E-state index in [0.29, 0.717) is 18.5 Å². The standard InChI is InChI=1S/C12H15ClIN3/c13-10-6-8(4-5-11(10)14)7-16-12(15)17-9-2-1-3-9/h4-6,9H,1-3,7H2,(H3,15,16,17). The third kappa shape index (κ3) is 3.74. The van der Waals surface area contributed by atoms with Crippen LogP contribution in [0.1, 0.15) is 24.8 Å². The van der Waals surface area contributed by atoms with Gasteiger partial charge >= 0.3 is 0 Å². The predicted octanol–water partition coefficient (Wildman–Crippen LogP) is 2.90. The molecule has 0 spiro atoms. The van der Waals surface area contributed by atoms with Gasteiger partial charge in [0.1, 0.15) is 0 Å². The van der Waals surface area contributed by atoms with E-state index in [2.05, 4.69) is 32.9 Å². The molecule has 1 aromatic carbocycles. The molecule has 5 heteroatoms. The van der Waals surface area contributed by atoms with Crippen LogP contribution in [0.25, 0.3) is 0 Å². The van der Waals surface area contributed by atoms with Crippen LogP contribution >= 0.6 is 34.2 Å². The summed E-state index contributed by atoms with van der Waals surface area (Å²) in [5.41, 5.74) is 6.88. The summed E-state index contributed by atoms with van der Waals surface area (Å²) in [5, 5.41) is 3.97. The van der Waals surface area contributed by atoms with Gasteiger partial charge < -0.3 is 11.1 Å². The number of benzene rings is 1. The molecule has 0 amide bonds. The first-order chi connectivity index (χ1) is 8.15. The highest BCUT2D eigenvalue weighted by Crippen LogP contribution is 2.20. The minimum Gasteiger partial charge on any atom is -0.370 e. The van der Waals surface area contributed by atoms with Gasteiger partial charge in [-0.1, -0.05) is 17.7 Å². The van der Waals surface area contributed by atoms with E-state index in [9.17, 15) is 0 Å². The lowest BCUT2D eigenvalue weighted by Gasteiger charge is -2.26. The Hall–Kier alpha value is -0.490. The van der Waals surface area contributed by atoms with Gasteiger partial charge in [0.15, 0.2) is 5.96 Å². The molecule has 2 rings (SSSR count). The zero-order valence-corrected chi connectivity index (χ0v) is 12.3. The Labute approximate surface area is 120 Å². The van der Waals surface area contributed by atoms with Crippen molar-refractivity contribution in [3.8, 4) is 0 Å². The topological polar surface area (TPSA) is 50.4 Å². The van der Waals surface area contributed by atoms with E-state index < -0.39 is 0 Å². The Morgan fingerprint density at radius 3 is 2.88 bits per heavy atom. The largest absolute Gasteiger partial charge is 0.370 e. The molecule has 1 aliphatic carbocycles.